The summed E-state index contributed by atoms with van der Waals surface area (Å²) in [4.78, 5) is 22.7. The first-order valence-electron chi connectivity index (χ1n) is 6.28. The first-order valence-corrected chi connectivity index (χ1v) is 6.28. The Morgan fingerprint density at radius 3 is 2.28 bits per heavy atom. The predicted molar refractivity (Wildman–Crippen MR) is 73.2 cm³/mol. The van der Waals surface area contributed by atoms with Crippen molar-refractivity contribution in [2.75, 3.05) is 6.54 Å². The van der Waals surface area contributed by atoms with Gasteiger partial charge in [-0.25, -0.2) is 0 Å². The summed E-state index contributed by atoms with van der Waals surface area (Å²) in [5.41, 5.74) is 10.8. The van der Waals surface area contributed by atoms with E-state index >= 15 is 0 Å². The Morgan fingerprint density at radius 2 is 1.83 bits per heavy atom. The Kier molecular flexibility index (Phi) is 7.25. The number of primary amides is 1. The molecule has 1 fully saturated rings. The molecule has 5 nitrogen and oxygen atoms in total. The van der Waals surface area contributed by atoms with Crippen LogP contribution in [0, 0.1) is 5.41 Å². The summed E-state index contributed by atoms with van der Waals surface area (Å²) in [6, 6.07) is -0.610. The minimum absolute atomic E-state index is 0. The van der Waals surface area contributed by atoms with Gasteiger partial charge in [-0.1, -0.05) is 19.3 Å². The van der Waals surface area contributed by atoms with Gasteiger partial charge in [0.1, 0.15) is 6.04 Å². The molecule has 0 bridgehead atoms. The summed E-state index contributed by atoms with van der Waals surface area (Å²) in [7, 11) is 0. The lowest BCUT2D eigenvalue weighted by molar-refractivity contribution is -0.128. The molecule has 0 aromatic rings. The van der Waals surface area contributed by atoms with Gasteiger partial charge < -0.3 is 16.8 Å². The molecule has 2 amide bonds. The number of hydrogen-bond donors (Lipinski definition) is 3. The molecule has 1 atom stereocenters. The molecule has 0 unspecified atom stereocenters. The highest BCUT2D eigenvalue weighted by Crippen LogP contribution is 2.38. The smallest absolute Gasteiger partial charge is 0.239 e. The number of nitrogens with one attached hydrogen (secondary N) is 1. The molecule has 0 spiro atoms. The second kappa shape index (κ2) is 7.59. The van der Waals surface area contributed by atoms with E-state index < -0.39 is 11.9 Å². The fourth-order valence-electron chi connectivity index (χ4n) is 2.46. The standard InChI is InChI=1S/C12H23N3O2.ClH/c1-9(11(14)17)15-10(16)7-12(8-13)5-3-2-4-6-12;/h9H,2-8,13H2,1H3,(H2,14,17)(H,15,16);1H/t9-;/m0./s1. The van der Waals surface area contributed by atoms with Crippen LogP contribution in [0.15, 0.2) is 0 Å². The summed E-state index contributed by atoms with van der Waals surface area (Å²) in [6.45, 7) is 2.13. The lowest BCUT2D eigenvalue weighted by Crippen LogP contribution is -2.45. The van der Waals surface area contributed by atoms with Crippen LogP contribution in [0.3, 0.4) is 0 Å². The van der Waals surface area contributed by atoms with Gasteiger partial charge in [0.05, 0.1) is 0 Å². The van der Waals surface area contributed by atoms with Gasteiger partial charge in [0, 0.05) is 6.42 Å². The second-order valence-corrected chi connectivity index (χ2v) is 5.13. The van der Waals surface area contributed by atoms with Crippen LogP contribution < -0.4 is 16.8 Å². The van der Waals surface area contributed by atoms with Gasteiger partial charge in [-0.3, -0.25) is 9.59 Å². The number of rotatable bonds is 5. The van der Waals surface area contributed by atoms with Gasteiger partial charge in [-0.05, 0) is 31.7 Å². The van der Waals surface area contributed by atoms with E-state index in [4.69, 9.17) is 11.5 Å². The van der Waals surface area contributed by atoms with E-state index in [0.29, 0.717) is 13.0 Å². The SMILES string of the molecule is C[C@H](NC(=O)CC1(CN)CCCCC1)C(N)=O.Cl. The van der Waals surface area contributed by atoms with Crippen LogP contribution in [0.1, 0.15) is 45.4 Å². The average Bonchev–Trinajstić information content (AvgIpc) is 2.29. The van der Waals surface area contributed by atoms with Crippen molar-refractivity contribution in [3.63, 3.8) is 0 Å². The monoisotopic (exact) mass is 277 g/mol. The van der Waals surface area contributed by atoms with Crippen molar-refractivity contribution in [2.24, 2.45) is 16.9 Å². The molecule has 1 aliphatic rings. The van der Waals surface area contributed by atoms with Crippen molar-refractivity contribution in [1.29, 1.82) is 0 Å². The maximum atomic E-state index is 11.8. The predicted octanol–water partition coefficient (Wildman–Crippen LogP) is 0.698. The van der Waals surface area contributed by atoms with Crippen LogP contribution in [0.25, 0.3) is 0 Å². The van der Waals surface area contributed by atoms with Crippen molar-refractivity contribution in [3.8, 4) is 0 Å². The maximum absolute atomic E-state index is 11.8. The van der Waals surface area contributed by atoms with Crippen LogP contribution in [0.4, 0.5) is 0 Å². The molecule has 0 aromatic heterocycles. The first kappa shape index (κ1) is 17.2. The number of hydrogen-bond acceptors (Lipinski definition) is 3. The summed E-state index contributed by atoms with van der Waals surface area (Å²) in [6.07, 6.45) is 5.90. The van der Waals surface area contributed by atoms with Crippen molar-refractivity contribution in [2.45, 2.75) is 51.5 Å². The van der Waals surface area contributed by atoms with E-state index in [1.165, 1.54) is 6.42 Å². The molecule has 0 saturated heterocycles. The zero-order valence-electron chi connectivity index (χ0n) is 10.9. The number of carbonyl (C=O) groups excluding carboxylic acids is 2. The lowest BCUT2D eigenvalue weighted by atomic mass is 9.71. The third-order valence-electron chi connectivity index (χ3n) is 3.69. The highest BCUT2D eigenvalue weighted by atomic mass is 35.5. The van der Waals surface area contributed by atoms with Crippen molar-refractivity contribution >= 4 is 24.2 Å². The maximum Gasteiger partial charge on any atom is 0.239 e. The Labute approximate surface area is 114 Å². The van der Waals surface area contributed by atoms with Gasteiger partial charge >= 0.3 is 0 Å². The van der Waals surface area contributed by atoms with E-state index in [1.807, 2.05) is 0 Å². The van der Waals surface area contributed by atoms with Crippen LogP contribution in [0.2, 0.25) is 0 Å². The van der Waals surface area contributed by atoms with Crippen molar-refractivity contribution < 1.29 is 9.59 Å². The molecule has 0 aliphatic heterocycles. The van der Waals surface area contributed by atoms with Gasteiger partial charge in [-0.15, -0.1) is 12.4 Å². The molecule has 0 heterocycles. The summed E-state index contributed by atoms with van der Waals surface area (Å²) < 4.78 is 0. The van der Waals surface area contributed by atoms with Gasteiger partial charge in [-0.2, -0.15) is 0 Å². The molecule has 0 aromatic carbocycles. The fourth-order valence-corrected chi connectivity index (χ4v) is 2.46. The third-order valence-corrected chi connectivity index (χ3v) is 3.69. The second-order valence-electron chi connectivity index (χ2n) is 5.13. The van der Waals surface area contributed by atoms with Crippen LogP contribution in [-0.2, 0) is 9.59 Å². The van der Waals surface area contributed by atoms with Crippen molar-refractivity contribution in [3.05, 3.63) is 0 Å². The summed E-state index contributed by atoms with van der Waals surface area (Å²) in [5, 5.41) is 2.62. The Balaban J connectivity index is 0.00000289. The number of amides is 2. The molecular formula is C12H24ClN3O2. The minimum atomic E-state index is -0.610. The van der Waals surface area contributed by atoms with Gasteiger partial charge in [0.25, 0.3) is 0 Å². The Morgan fingerprint density at radius 1 is 1.28 bits per heavy atom. The van der Waals surface area contributed by atoms with E-state index in [-0.39, 0.29) is 23.7 Å². The zero-order chi connectivity index (χ0) is 12.9. The number of carbonyl (C=O) groups is 2. The van der Waals surface area contributed by atoms with E-state index in [2.05, 4.69) is 5.32 Å². The molecule has 6 heteroatoms. The van der Waals surface area contributed by atoms with Crippen LogP contribution in [0.5, 0.6) is 0 Å². The number of nitrogens with two attached hydrogens (primary N) is 2. The first-order chi connectivity index (χ1) is 7.99. The normalized spacial score (nSPS) is 19.4. The topological polar surface area (TPSA) is 98.2 Å². The summed E-state index contributed by atoms with van der Waals surface area (Å²) >= 11 is 0. The van der Waals surface area contributed by atoms with Crippen LogP contribution in [-0.4, -0.2) is 24.4 Å². The molecule has 1 aliphatic carbocycles. The van der Waals surface area contributed by atoms with Crippen LogP contribution >= 0.6 is 12.4 Å². The highest BCUT2D eigenvalue weighted by molar-refractivity contribution is 5.86. The zero-order valence-corrected chi connectivity index (χ0v) is 11.7. The van der Waals surface area contributed by atoms with E-state index in [9.17, 15) is 9.59 Å². The van der Waals surface area contributed by atoms with E-state index in [1.54, 1.807) is 6.92 Å². The summed E-state index contributed by atoms with van der Waals surface area (Å²) in [5.74, 6) is -0.632. The largest absolute Gasteiger partial charge is 0.368 e. The van der Waals surface area contributed by atoms with Gasteiger partial charge in [0.2, 0.25) is 11.8 Å². The molecular weight excluding hydrogens is 254 g/mol. The fraction of sp³-hybridized carbons (Fsp3) is 0.833. The third kappa shape index (κ3) is 4.82. The average molecular weight is 278 g/mol. The lowest BCUT2D eigenvalue weighted by Gasteiger charge is -2.35. The molecule has 106 valence electrons. The molecule has 1 rings (SSSR count). The Bertz CT molecular complexity index is 291. The minimum Gasteiger partial charge on any atom is -0.368 e. The van der Waals surface area contributed by atoms with Gasteiger partial charge in [0.15, 0.2) is 0 Å². The quantitative estimate of drug-likeness (QED) is 0.690. The molecule has 1 saturated carbocycles. The number of halogens is 1. The molecule has 5 N–H and O–H groups in total. The molecule has 18 heavy (non-hydrogen) atoms. The molecule has 0 radical (unpaired) electrons. The van der Waals surface area contributed by atoms with Crippen molar-refractivity contribution in [1.82, 2.24) is 5.32 Å². The highest BCUT2D eigenvalue weighted by Gasteiger charge is 2.33. The van der Waals surface area contributed by atoms with E-state index in [0.717, 1.165) is 25.7 Å². The Hall–Kier alpha value is -0.810.